The van der Waals surface area contributed by atoms with Crippen LogP contribution in [0.3, 0.4) is 0 Å². The summed E-state index contributed by atoms with van der Waals surface area (Å²) >= 11 is 0. The van der Waals surface area contributed by atoms with Gasteiger partial charge in [0.15, 0.2) is 0 Å². The lowest BCUT2D eigenvalue weighted by molar-refractivity contribution is -0.389. The van der Waals surface area contributed by atoms with Gasteiger partial charge in [-0.05, 0) is 18.3 Å². The Hall–Kier alpha value is -1.92. The number of hydrogen-bond acceptors (Lipinski definition) is 4. The van der Waals surface area contributed by atoms with E-state index in [2.05, 4.69) is 17.3 Å². The van der Waals surface area contributed by atoms with Gasteiger partial charge >= 0.3 is 5.82 Å². The SMILES string of the molecule is CCCCNC(=O)C(C)Cn1nc([N+](=O)[O-])cc1C. The summed E-state index contributed by atoms with van der Waals surface area (Å²) in [6.07, 6.45) is 1.98. The lowest BCUT2D eigenvalue weighted by atomic mass is 10.1. The number of nitrogens with one attached hydrogen (secondary N) is 1. The third kappa shape index (κ3) is 4.35. The second-order valence-corrected chi connectivity index (χ2v) is 4.63. The van der Waals surface area contributed by atoms with E-state index in [1.54, 1.807) is 13.8 Å². The second kappa shape index (κ2) is 6.86. The number of nitro groups is 1. The summed E-state index contributed by atoms with van der Waals surface area (Å²) in [5, 5.41) is 17.3. The Morgan fingerprint density at radius 2 is 2.32 bits per heavy atom. The van der Waals surface area contributed by atoms with Crippen molar-refractivity contribution in [1.29, 1.82) is 0 Å². The second-order valence-electron chi connectivity index (χ2n) is 4.63. The molecule has 0 spiro atoms. The average Bonchev–Trinajstić information content (AvgIpc) is 2.71. The largest absolute Gasteiger partial charge is 0.390 e. The molecule has 7 heteroatoms. The van der Waals surface area contributed by atoms with Gasteiger partial charge in [0.2, 0.25) is 5.91 Å². The quantitative estimate of drug-likeness (QED) is 0.462. The zero-order valence-corrected chi connectivity index (χ0v) is 11.5. The standard InChI is InChI=1S/C12H20N4O3/c1-4-5-6-13-12(17)9(2)8-15-10(3)7-11(14-15)16(18)19/h7,9H,4-6,8H2,1-3H3,(H,13,17). The summed E-state index contributed by atoms with van der Waals surface area (Å²) in [5.41, 5.74) is 0.680. The van der Waals surface area contributed by atoms with Crippen LogP contribution in [0.1, 0.15) is 32.4 Å². The van der Waals surface area contributed by atoms with Gasteiger partial charge in [-0.2, -0.15) is 4.68 Å². The molecule has 7 nitrogen and oxygen atoms in total. The molecule has 0 fully saturated rings. The van der Waals surface area contributed by atoms with E-state index in [9.17, 15) is 14.9 Å². The molecular formula is C12H20N4O3. The minimum absolute atomic E-state index is 0.0500. The number of amides is 1. The van der Waals surface area contributed by atoms with Crippen LogP contribution in [-0.4, -0.2) is 27.2 Å². The molecule has 0 aliphatic heterocycles. The van der Waals surface area contributed by atoms with E-state index < -0.39 is 4.92 Å². The van der Waals surface area contributed by atoms with E-state index in [1.165, 1.54) is 10.7 Å². The fourth-order valence-electron chi connectivity index (χ4n) is 1.67. The lowest BCUT2D eigenvalue weighted by Crippen LogP contribution is -2.32. The zero-order chi connectivity index (χ0) is 14.4. The van der Waals surface area contributed by atoms with Crippen molar-refractivity contribution in [3.8, 4) is 0 Å². The Balaban J connectivity index is 2.58. The molecule has 0 aliphatic rings. The summed E-state index contributed by atoms with van der Waals surface area (Å²) < 4.78 is 1.50. The van der Waals surface area contributed by atoms with Crippen LogP contribution in [0.25, 0.3) is 0 Å². The van der Waals surface area contributed by atoms with Crippen LogP contribution in [-0.2, 0) is 11.3 Å². The Morgan fingerprint density at radius 1 is 1.63 bits per heavy atom. The molecular weight excluding hydrogens is 248 g/mol. The van der Waals surface area contributed by atoms with Crippen LogP contribution in [0.2, 0.25) is 0 Å². The smallest absolute Gasteiger partial charge is 0.358 e. The molecule has 1 aromatic heterocycles. The third-order valence-corrected chi connectivity index (χ3v) is 2.88. The fraction of sp³-hybridized carbons (Fsp3) is 0.667. The number of carbonyl (C=O) groups is 1. The fourth-order valence-corrected chi connectivity index (χ4v) is 1.67. The van der Waals surface area contributed by atoms with E-state index in [-0.39, 0.29) is 17.6 Å². The highest BCUT2D eigenvalue weighted by atomic mass is 16.6. The predicted octanol–water partition coefficient (Wildman–Crippen LogP) is 1.65. The zero-order valence-electron chi connectivity index (χ0n) is 11.5. The van der Waals surface area contributed by atoms with Crippen LogP contribution < -0.4 is 5.32 Å². The number of aromatic nitrogens is 2. The van der Waals surface area contributed by atoms with Crippen LogP contribution in [0.4, 0.5) is 5.82 Å². The van der Waals surface area contributed by atoms with Gasteiger partial charge in [0.05, 0.1) is 29.3 Å². The normalized spacial score (nSPS) is 12.2. The maximum atomic E-state index is 11.8. The molecule has 0 saturated heterocycles. The molecule has 19 heavy (non-hydrogen) atoms. The Bertz CT molecular complexity index is 456. The number of rotatable bonds is 7. The van der Waals surface area contributed by atoms with Crippen LogP contribution in [0, 0.1) is 23.0 Å². The van der Waals surface area contributed by atoms with E-state index in [1.807, 2.05) is 0 Å². The summed E-state index contributed by atoms with van der Waals surface area (Å²) in [6, 6.07) is 1.40. The molecule has 1 rings (SSSR count). The van der Waals surface area contributed by atoms with E-state index in [4.69, 9.17) is 0 Å². The van der Waals surface area contributed by atoms with Gasteiger partial charge in [0, 0.05) is 6.54 Å². The van der Waals surface area contributed by atoms with Crippen molar-refractivity contribution in [1.82, 2.24) is 15.1 Å². The van der Waals surface area contributed by atoms with E-state index >= 15 is 0 Å². The first kappa shape index (κ1) is 15.1. The van der Waals surface area contributed by atoms with Crippen molar-refractivity contribution >= 4 is 11.7 Å². The van der Waals surface area contributed by atoms with Gasteiger partial charge in [-0.1, -0.05) is 20.3 Å². The summed E-state index contributed by atoms with van der Waals surface area (Å²) in [7, 11) is 0. The molecule has 1 unspecified atom stereocenters. The molecule has 1 aromatic rings. The number of hydrogen-bond donors (Lipinski definition) is 1. The van der Waals surface area contributed by atoms with Gasteiger partial charge in [0.1, 0.15) is 0 Å². The van der Waals surface area contributed by atoms with E-state index in [0.717, 1.165) is 12.8 Å². The first-order valence-corrected chi connectivity index (χ1v) is 6.42. The van der Waals surface area contributed by atoms with Crippen molar-refractivity contribution < 1.29 is 9.72 Å². The monoisotopic (exact) mass is 268 g/mol. The molecule has 0 aromatic carbocycles. The van der Waals surface area contributed by atoms with Crippen molar-refractivity contribution in [2.75, 3.05) is 6.54 Å². The average molecular weight is 268 g/mol. The topological polar surface area (TPSA) is 90.1 Å². The first-order chi connectivity index (χ1) is 8.95. The molecule has 0 bridgehead atoms. The summed E-state index contributed by atoms with van der Waals surface area (Å²) in [5.74, 6) is -0.503. The number of carbonyl (C=O) groups excluding carboxylic acids is 1. The molecule has 0 saturated carbocycles. The molecule has 0 aliphatic carbocycles. The highest BCUT2D eigenvalue weighted by Gasteiger charge is 2.20. The predicted molar refractivity (Wildman–Crippen MR) is 70.7 cm³/mol. The van der Waals surface area contributed by atoms with Gasteiger partial charge in [-0.15, -0.1) is 0 Å². The van der Waals surface area contributed by atoms with Gasteiger partial charge in [-0.3, -0.25) is 4.79 Å². The third-order valence-electron chi connectivity index (χ3n) is 2.88. The lowest BCUT2D eigenvalue weighted by Gasteiger charge is -2.11. The van der Waals surface area contributed by atoms with Gasteiger partial charge in [0.25, 0.3) is 0 Å². The number of unbranched alkanes of at least 4 members (excludes halogenated alkanes) is 1. The number of aryl methyl sites for hydroxylation is 1. The maximum Gasteiger partial charge on any atom is 0.390 e. The van der Waals surface area contributed by atoms with Gasteiger partial charge in [-0.25, -0.2) is 0 Å². The molecule has 1 heterocycles. The summed E-state index contributed by atoms with van der Waals surface area (Å²) in [6.45, 7) is 6.59. The summed E-state index contributed by atoms with van der Waals surface area (Å²) in [4.78, 5) is 21.9. The number of nitrogens with zero attached hydrogens (tertiary/aromatic N) is 3. The van der Waals surface area contributed by atoms with Crippen LogP contribution in [0.15, 0.2) is 6.07 Å². The minimum atomic E-state index is -0.532. The van der Waals surface area contributed by atoms with Gasteiger partial charge < -0.3 is 15.4 Å². The first-order valence-electron chi connectivity index (χ1n) is 6.42. The molecule has 106 valence electrons. The van der Waals surface area contributed by atoms with Crippen molar-refractivity contribution in [2.24, 2.45) is 5.92 Å². The van der Waals surface area contributed by atoms with E-state index in [0.29, 0.717) is 18.8 Å². The van der Waals surface area contributed by atoms with Crippen molar-refractivity contribution in [3.05, 3.63) is 21.9 Å². The Morgan fingerprint density at radius 3 is 2.84 bits per heavy atom. The molecule has 0 radical (unpaired) electrons. The minimum Gasteiger partial charge on any atom is -0.358 e. The van der Waals surface area contributed by atoms with Crippen molar-refractivity contribution in [2.45, 2.75) is 40.2 Å². The van der Waals surface area contributed by atoms with Crippen molar-refractivity contribution in [3.63, 3.8) is 0 Å². The molecule has 1 amide bonds. The highest BCUT2D eigenvalue weighted by molar-refractivity contribution is 5.78. The maximum absolute atomic E-state index is 11.8. The Kier molecular flexibility index (Phi) is 5.47. The Labute approximate surface area is 112 Å². The highest BCUT2D eigenvalue weighted by Crippen LogP contribution is 2.12. The van der Waals surface area contributed by atoms with Crippen LogP contribution in [0.5, 0.6) is 0 Å². The molecule has 1 N–H and O–H groups in total. The van der Waals surface area contributed by atoms with Crippen LogP contribution >= 0.6 is 0 Å². The molecule has 1 atom stereocenters.